The van der Waals surface area contributed by atoms with E-state index >= 15 is 0 Å². The normalized spacial score (nSPS) is 13.2. The summed E-state index contributed by atoms with van der Waals surface area (Å²) in [6, 6.07) is 0. The van der Waals surface area contributed by atoms with Crippen LogP contribution in [0.4, 0.5) is 0 Å². The minimum Gasteiger partial charge on any atom is -0.462 e. The van der Waals surface area contributed by atoms with Crippen LogP contribution in [0.25, 0.3) is 0 Å². The van der Waals surface area contributed by atoms with Gasteiger partial charge in [-0.05, 0) is 57.8 Å². The largest absolute Gasteiger partial charge is 0.462 e. The fourth-order valence-corrected chi connectivity index (χ4v) is 5.70. The Morgan fingerprint density at radius 1 is 0.537 bits per heavy atom. The molecule has 0 aliphatic carbocycles. The van der Waals surface area contributed by atoms with Gasteiger partial charge in [-0.15, -0.1) is 0 Å². The molecule has 244 valence electrons. The highest BCUT2D eigenvalue weighted by atomic mass is 16.5. The van der Waals surface area contributed by atoms with E-state index < -0.39 is 0 Å². The van der Waals surface area contributed by atoms with Crippen LogP contribution < -0.4 is 0 Å². The third-order valence-corrected chi connectivity index (χ3v) is 8.52. The molecule has 2 atom stereocenters. The minimum absolute atomic E-state index is 0.0353. The van der Waals surface area contributed by atoms with Crippen molar-refractivity contribution < 1.29 is 14.6 Å². The molecule has 3 nitrogen and oxygen atoms in total. The van der Waals surface area contributed by atoms with Crippen LogP contribution in [0, 0.1) is 0 Å². The smallest absolute Gasteiger partial charge is 0.306 e. The Balaban J connectivity index is 3.96. The molecule has 0 heterocycles. The van der Waals surface area contributed by atoms with E-state index in [1.165, 1.54) is 135 Å². The Hall–Kier alpha value is -0.830. The SMILES string of the molecule is CCCCCCCCCCCC(CCCCCCCC)OC(=O)CCCCCCC/C=C\CC(O)CCCCCC. The molecule has 0 rings (SSSR count). The third kappa shape index (κ3) is 31.9. The molecule has 0 aromatic rings. The number of aliphatic hydroxyl groups excluding tert-OH is 1. The van der Waals surface area contributed by atoms with Crippen LogP contribution in [0.15, 0.2) is 12.2 Å². The average Bonchev–Trinajstić information content (AvgIpc) is 2.97. The standard InChI is InChI=1S/C38H74O3/c1-4-7-10-13-15-16-20-24-29-34-37(33-28-23-14-11-8-5-2)41-38(40)35-30-25-21-18-17-19-22-27-32-36(39)31-26-12-9-6-3/h22,27,36-37,39H,4-21,23-26,28-35H2,1-3H3/b27-22-. The Labute approximate surface area is 258 Å². The van der Waals surface area contributed by atoms with Crippen molar-refractivity contribution in [1.82, 2.24) is 0 Å². The first-order chi connectivity index (χ1) is 20.1. The van der Waals surface area contributed by atoms with Crippen LogP contribution >= 0.6 is 0 Å². The third-order valence-electron chi connectivity index (χ3n) is 8.52. The number of allylic oxidation sites excluding steroid dienone is 1. The van der Waals surface area contributed by atoms with Gasteiger partial charge in [-0.3, -0.25) is 4.79 Å². The number of hydrogen-bond acceptors (Lipinski definition) is 3. The molecule has 1 N–H and O–H groups in total. The Morgan fingerprint density at radius 2 is 0.951 bits per heavy atom. The summed E-state index contributed by atoms with van der Waals surface area (Å²) >= 11 is 0. The molecule has 0 amide bonds. The van der Waals surface area contributed by atoms with E-state index in [-0.39, 0.29) is 18.2 Å². The van der Waals surface area contributed by atoms with Crippen LogP contribution in [0.2, 0.25) is 0 Å². The van der Waals surface area contributed by atoms with Crippen molar-refractivity contribution in [2.45, 2.75) is 226 Å². The fraction of sp³-hybridized carbons (Fsp3) is 0.921. The molecule has 0 aliphatic rings. The summed E-state index contributed by atoms with van der Waals surface area (Å²) in [6.45, 7) is 6.77. The van der Waals surface area contributed by atoms with Crippen LogP contribution in [0.5, 0.6) is 0 Å². The second kappa shape index (κ2) is 33.7. The summed E-state index contributed by atoms with van der Waals surface area (Å²) in [5, 5.41) is 10.0. The zero-order chi connectivity index (χ0) is 30.1. The molecule has 0 aromatic heterocycles. The van der Waals surface area contributed by atoms with E-state index in [9.17, 15) is 9.90 Å². The first-order valence-electron chi connectivity index (χ1n) is 18.7. The number of carbonyl (C=O) groups excluding carboxylic acids is 1. The van der Waals surface area contributed by atoms with Gasteiger partial charge in [-0.2, -0.15) is 0 Å². The van der Waals surface area contributed by atoms with E-state index in [1.807, 2.05) is 0 Å². The number of unbranched alkanes of at least 4 members (excludes halogenated alkanes) is 21. The predicted molar refractivity (Wildman–Crippen MR) is 181 cm³/mol. The number of rotatable bonds is 33. The van der Waals surface area contributed by atoms with Gasteiger partial charge < -0.3 is 9.84 Å². The van der Waals surface area contributed by atoms with Gasteiger partial charge in [-0.1, -0.05) is 161 Å². The molecule has 0 fully saturated rings. The lowest BCUT2D eigenvalue weighted by Crippen LogP contribution is -2.18. The molecule has 41 heavy (non-hydrogen) atoms. The molecular weight excluding hydrogens is 504 g/mol. The van der Waals surface area contributed by atoms with Crippen molar-refractivity contribution in [3.05, 3.63) is 12.2 Å². The molecule has 3 heteroatoms. The summed E-state index contributed by atoms with van der Waals surface area (Å²) < 4.78 is 6.01. The maximum Gasteiger partial charge on any atom is 0.306 e. The van der Waals surface area contributed by atoms with Gasteiger partial charge in [0.15, 0.2) is 0 Å². The van der Waals surface area contributed by atoms with Crippen LogP contribution in [-0.4, -0.2) is 23.3 Å². The van der Waals surface area contributed by atoms with Crippen LogP contribution in [0.1, 0.15) is 213 Å². The van der Waals surface area contributed by atoms with Crippen LogP contribution in [0.3, 0.4) is 0 Å². The van der Waals surface area contributed by atoms with Crippen molar-refractivity contribution in [2.24, 2.45) is 0 Å². The molecular formula is C38H74O3. The van der Waals surface area contributed by atoms with E-state index in [2.05, 4.69) is 32.9 Å². The van der Waals surface area contributed by atoms with Gasteiger partial charge in [0.1, 0.15) is 6.10 Å². The van der Waals surface area contributed by atoms with Crippen molar-refractivity contribution >= 4 is 5.97 Å². The van der Waals surface area contributed by atoms with Crippen molar-refractivity contribution in [2.75, 3.05) is 0 Å². The van der Waals surface area contributed by atoms with Gasteiger partial charge in [0.2, 0.25) is 0 Å². The predicted octanol–water partition coefficient (Wildman–Crippen LogP) is 12.6. The molecule has 0 saturated heterocycles. The summed E-state index contributed by atoms with van der Waals surface area (Å²) in [5.74, 6) is 0.0353. The lowest BCUT2D eigenvalue weighted by molar-refractivity contribution is -0.150. The molecule has 2 unspecified atom stereocenters. The Morgan fingerprint density at radius 3 is 1.49 bits per heavy atom. The van der Waals surface area contributed by atoms with E-state index in [4.69, 9.17) is 4.74 Å². The lowest BCUT2D eigenvalue weighted by atomic mass is 10.0. The van der Waals surface area contributed by atoms with Gasteiger partial charge in [0.25, 0.3) is 0 Å². The highest BCUT2D eigenvalue weighted by Gasteiger charge is 2.14. The maximum absolute atomic E-state index is 12.6. The van der Waals surface area contributed by atoms with Gasteiger partial charge in [0, 0.05) is 6.42 Å². The van der Waals surface area contributed by atoms with E-state index in [0.29, 0.717) is 6.42 Å². The summed E-state index contributed by atoms with van der Waals surface area (Å²) in [6.07, 6.45) is 40.4. The molecule has 0 bridgehead atoms. The summed E-state index contributed by atoms with van der Waals surface area (Å²) in [5.41, 5.74) is 0. The molecule has 0 aromatic carbocycles. The second-order valence-corrected chi connectivity index (χ2v) is 12.8. The van der Waals surface area contributed by atoms with Gasteiger partial charge in [0.05, 0.1) is 6.10 Å². The number of hydrogen-bond donors (Lipinski definition) is 1. The van der Waals surface area contributed by atoms with Crippen LogP contribution in [-0.2, 0) is 9.53 Å². The number of ether oxygens (including phenoxy) is 1. The highest BCUT2D eigenvalue weighted by molar-refractivity contribution is 5.69. The van der Waals surface area contributed by atoms with Crippen molar-refractivity contribution in [1.29, 1.82) is 0 Å². The Bertz CT molecular complexity index is 544. The second-order valence-electron chi connectivity index (χ2n) is 12.8. The van der Waals surface area contributed by atoms with Crippen molar-refractivity contribution in [3.8, 4) is 0 Å². The van der Waals surface area contributed by atoms with E-state index in [1.54, 1.807) is 0 Å². The van der Waals surface area contributed by atoms with Crippen molar-refractivity contribution in [3.63, 3.8) is 0 Å². The Kier molecular flexibility index (Phi) is 33.0. The van der Waals surface area contributed by atoms with Gasteiger partial charge in [-0.25, -0.2) is 0 Å². The first kappa shape index (κ1) is 40.2. The molecule has 0 saturated carbocycles. The maximum atomic E-state index is 12.6. The highest BCUT2D eigenvalue weighted by Crippen LogP contribution is 2.19. The lowest BCUT2D eigenvalue weighted by Gasteiger charge is -2.18. The average molecular weight is 579 g/mol. The summed E-state index contributed by atoms with van der Waals surface area (Å²) in [7, 11) is 0. The number of carbonyl (C=O) groups is 1. The monoisotopic (exact) mass is 579 g/mol. The van der Waals surface area contributed by atoms with Gasteiger partial charge >= 0.3 is 5.97 Å². The quantitative estimate of drug-likeness (QED) is 0.0478. The topological polar surface area (TPSA) is 46.5 Å². The minimum atomic E-state index is -0.168. The number of esters is 1. The zero-order valence-corrected chi connectivity index (χ0v) is 28.3. The number of aliphatic hydroxyl groups is 1. The zero-order valence-electron chi connectivity index (χ0n) is 28.3. The van der Waals surface area contributed by atoms with E-state index in [0.717, 1.165) is 51.4 Å². The molecule has 0 spiro atoms. The first-order valence-corrected chi connectivity index (χ1v) is 18.7. The molecule has 0 radical (unpaired) electrons. The fourth-order valence-electron chi connectivity index (χ4n) is 5.70. The summed E-state index contributed by atoms with van der Waals surface area (Å²) in [4.78, 5) is 12.6. The molecule has 0 aliphatic heterocycles.